The van der Waals surface area contributed by atoms with Gasteiger partial charge in [-0.25, -0.2) is 26.7 Å². The van der Waals surface area contributed by atoms with E-state index >= 15 is 4.39 Å². The van der Waals surface area contributed by atoms with Gasteiger partial charge in [-0.15, -0.1) is 0 Å². The Morgan fingerprint density at radius 3 is 1.08 bits per heavy atom. The van der Waals surface area contributed by atoms with Crippen LogP contribution in [-0.4, -0.2) is 58.1 Å². The highest BCUT2D eigenvalue weighted by Crippen LogP contribution is 2.52. The van der Waals surface area contributed by atoms with E-state index < -0.39 is 11.8 Å². The van der Waals surface area contributed by atoms with E-state index in [1.165, 1.54) is 85.0 Å². The number of rotatable bonds is 15. The first-order valence-electron chi connectivity index (χ1n) is 41.5. The molecule has 0 spiro atoms. The minimum absolute atomic E-state index is 0.0347. The molecule has 11 nitrogen and oxygen atoms in total. The van der Waals surface area contributed by atoms with Crippen molar-refractivity contribution < 1.29 is 36.6 Å². The molecule has 8 aromatic heterocycles. The maximum Gasteiger partial charge on any atom is 0.352 e. The first kappa shape index (κ1) is 79.4. The van der Waals surface area contributed by atoms with Crippen molar-refractivity contribution in [3.63, 3.8) is 0 Å². The zero-order valence-electron chi connectivity index (χ0n) is 70.0. The Labute approximate surface area is 694 Å². The monoisotopic (exact) mass is 1600 g/mol. The lowest BCUT2D eigenvalue weighted by Gasteiger charge is -2.18. The van der Waals surface area contributed by atoms with Crippen LogP contribution >= 0.6 is 0 Å². The number of carboxylic acid groups (broad SMARTS) is 1. The van der Waals surface area contributed by atoms with Crippen molar-refractivity contribution >= 4 is 73.9 Å². The summed E-state index contributed by atoms with van der Waals surface area (Å²) in [6.45, 7) is 27.8. The van der Waals surface area contributed by atoms with Gasteiger partial charge >= 0.3 is 5.97 Å². The molecule has 4 aliphatic carbocycles. The lowest BCUT2D eigenvalue weighted by atomic mass is 9.85. The normalized spacial score (nSPS) is 12.9. The number of aromatic nitrogens is 8. The molecular weight excluding hydrogens is 1500 g/mol. The summed E-state index contributed by atoms with van der Waals surface area (Å²) in [6, 6.07) is 36.6. The van der Waals surface area contributed by atoms with Crippen LogP contribution in [0.15, 0.2) is 170 Å². The number of nitrogens with one attached hydrogen (secondary N) is 8. The van der Waals surface area contributed by atoms with Crippen molar-refractivity contribution in [3.8, 4) is 95.3 Å². The zero-order chi connectivity index (χ0) is 84.1. The summed E-state index contributed by atoms with van der Waals surface area (Å²) in [7, 11) is 1.59. The summed E-state index contributed by atoms with van der Waals surface area (Å²) in [5.41, 5.74) is 37.8. The first-order chi connectivity index (χ1) is 57.8. The Kier molecular flexibility index (Phi) is 20.9. The van der Waals surface area contributed by atoms with Crippen LogP contribution in [0.5, 0.6) is 5.75 Å². The molecule has 4 aliphatic rings. The molecule has 16 heteroatoms. The van der Waals surface area contributed by atoms with Crippen LogP contribution in [0.25, 0.3) is 157 Å². The lowest BCUT2D eigenvalue weighted by molar-refractivity contribution is 0.0692. The fraction of sp³-hybridized carbons (Fsp3) is 0.221. The standard InChI is InChI=1S/C27H27FN2.C26H23FN2O3.C26H25FN2.C25H22F2N2/c1-5-17-9-10-18-7-6-8-20(18)26(17)25-16(4)30-27(24(25)15(2)3)22-13-19(28)14-23-21(22)11-12-29-23;1-13(2)21-23(22-16-6-4-5-14(16)7-8-20(22)32-3)25(26(30)31)29-24(21)18-11-15(27)12-19-17(18)9-10-28-19;1-14(2)23-25(24-15(3)8-9-17-6-5-7-19(17)24)16(4)29-26(23)21-12-18(27)13-22-20(21)10-11-28-22;1-13(2)22-23(24-17-6-4-5-15(17)7-8-20(24)27)14(3)29-25(22)19-11-16(26)12-21-18(19)9-10-28-21/h6,8-15,29-30H,5,7H2,1-4H3;4,6-13,28-29H,5H2,1-3H3,(H,30,31);5,7-14,28-29H,6H2,1-4H3;4,6-13,28-29H,5H2,1-3H3. The molecule has 0 saturated heterocycles. The van der Waals surface area contributed by atoms with Crippen molar-refractivity contribution in [2.24, 2.45) is 0 Å². The van der Waals surface area contributed by atoms with E-state index in [-0.39, 0.29) is 40.8 Å². The van der Waals surface area contributed by atoms with Crippen LogP contribution in [0.1, 0.15) is 191 Å². The Morgan fingerprint density at radius 1 is 0.383 bits per heavy atom. The van der Waals surface area contributed by atoms with Gasteiger partial charge in [-0.2, -0.15) is 0 Å². The second kappa shape index (κ2) is 31.7. The largest absolute Gasteiger partial charge is 0.496 e. The number of carbonyl (C=O) groups is 1. The molecular formula is C104H97F5N8O3. The SMILES string of the molecule is CCc1ccc2c(c1-c1c(C)[nH]c(-c3cc(F)cc4[nH]ccc34)c1C(C)C)C=CC2.COc1ccc2c(c1-c1c(C(=O)O)[nH]c(-c3cc(F)cc4[nH]ccc34)c1C(C)C)C=CC2.Cc1[nH]c(-c2cc(F)cc3[nH]ccc23)c(C(C)C)c1-c1c(F)ccc2c1C=CC2.Cc1ccc2c(c1-c1c(C)[nH]c(-c3cc(F)cc4[nH]ccc34)c1C(C)C)C=CC2. The molecule has 0 atom stereocenters. The lowest BCUT2D eigenvalue weighted by Crippen LogP contribution is -2.03. The molecule has 9 N–H and O–H groups in total. The average Bonchev–Trinajstić information content (AvgIpc) is 1.61. The number of hydrogen-bond donors (Lipinski definition) is 9. The number of benzene rings is 8. The van der Waals surface area contributed by atoms with E-state index in [0.717, 1.165) is 166 Å². The third kappa shape index (κ3) is 13.8. The highest BCUT2D eigenvalue weighted by Gasteiger charge is 2.34. The zero-order valence-corrected chi connectivity index (χ0v) is 70.0. The molecule has 0 radical (unpaired) electrons. The Bertz CT molecular complexity index is 6730. The van der Waals surface area contributed by atoms with Crippen molar-refractivity contribution in [1.82, 2.24) is 39.9 Å². The molecule has 0 bridgehead atoms. The predicted octanol–water partition coefficient (Wildman–Crippen LogP) is 28.3. The van der Waals surface area contributed by atoms with Gasteiger partial charge in [-0.05, 0) is 257 Å². The van der Waals surface area contributed by atoms with Gasteiger partial charge in [0.05, 0.1) is 29.9 Å². The molecule has 8 heterocycles. The van der Waals surface area contributed by atoms with Gasteiger partial charge < -0.3 is 49.7 Å². The summed E-state index contributed by atoms with van der Waals surface area (Å²) in [5.74, 6) is -1.14. The van der Waals surface area contributed by atoms with Gasteiger partial charge in [0.15, 0.2) is 0 Å². The number of allylic oxidation sites excluding steroid dienone is 4. The summed E-state index contributed by atoms with van der Waals surface area (Å²) in [4.78, 5) is 38.8. The summed E-state index contributed by atoms with van der Waals surface area (Å²) < 4.78 is 78.6. The van der Waals surface area contributed by atoms with E-state index in [2.05, 4.69) is 170 Å². The minimum Gasteiger partial charge on any atom is -0.496 e. The molecule has 606 valence electrons. The molecule has 0 amide bonds. The third-order valence-electron chi connectivity index (χ3n) is 24.5. The topological polar surface area (TPSA) is 173 Å². The van der Waals surface area contributed by atoms with Crippen molar-refractivity contribution in [2.45, 2.75) is 146 Å². The number of carboxylic acids is 1. The van der Waals surface area contributed by atoms with E-state index in [0.29, 0.717) is 45.5 Å². The number of aromatic carboxylic acids is 1. The molecule has 0 saturated carbocycles. The van der Waals surface area contributed by atoms with Crippen LogP contribution in [0.3, 0.4) is 0 Å². The molecule has 8 aromatic carbocycles. The van der Waals surface area contributed by atoms with E-state index in [1.807, 2.05) is 94.0 Å². The number of aryl methyl sites for hydroxylation is 5. The van der Waals surface area contributed by atoms with Crippen LogP contribution in [0.2, 0.25) is 0 Å². The molecule has 20 rings (SSSR count). The number of aromatic amines is 8. The maximum absolute atomic E-state index is 15.1. The summed E-state index contributed by atoms with van der Waals surface area (Å²) >= 11 is 0. The quantitative estimate of drug-likeness (QED) is 0.0466. The fourth-order valence-corrected chi connectivity index (χ4v) is 19.4. The minimum atomic E-state index is -1.07. The number of H-pyrrole nitrogens is 8. The Morgan fingerprint density at radius 2 is 0.708 bits per heavy atom. The van der Waals surface area contributed by atoms with Crippen LogP contribution in [-0.2, 0) is 32.1 Å². The van der Waals surface area contributed by atoms with Gasteiger partial charge in [0.2, 0.25) is 0 Å². The van der Waals surface area contributed by atoms with Gasteiger partial charge in [-0.3, -0.25) is 0 Å². The molecule has 0 aliphatic heterocycles. The number of halogens is 5. The molecule has 16 aromatic rings. The Hall–Kier alpha value is -13.1. The fourth-order valence-electron chi connectivity index (χ4n) is 19.4. The Balaban J connectivity index is 0.000000114. The van der Waals surface area contributed by atoms with Gasteiger partial charge in [0.25, 0.3) is 0 Å². The third-order valence-corrected chi connectivity index (χ3v) is 24.5. The smallest absolute Gasteiger partial charge is 0.352 e. The highest BCUT2D eigenvalue weighted by atomic mass is 19.1. The number of ether oxygens (including phenoxy) is 1. The van der Waals surface area contributed by atoms with E-state index in [1.54, 1.807) is 49.7 Å². The van der Waals surface area contributed by atoms with Gasteiger partial charge in [0, 0.05) is 141 Å². The van der Waals surface area contributed by atoms with Crippen LogP contribution < -0.4 is 4.74 Å². The number of fused-ring (bicyclic) bond motifs is 8. The maximum atomic E-state index is 15.1. The highest BCUT2D eigenvalue weighted by molar-refractivity contribution is 6.06. The molecule has 120 heavy (non-hydrogen) atoms. The second-order valence-electron chi connectivity index (χ2n) is 33.4. The van der Waals surface area contributed by atoms with Gasteiger partial charge in [0.1, 0.15) is 40.5 Å². The van der Waals surface area contributed by atoms with Crippen molar-refractivity contribution in [3.05, 3.63) is 300 Å². The summed E-state index contributed by atoms with van der Waals surface area (Å²) in [6.07, 6.45) is 29.1. The van der Waals surface area contributed by atoms with E-state index in [4.69, 9.17) is 4.74 Å². The van der Waals surface area contributed by atoms with Crippen molar-refractivity contribution in [1.29, 1.82) is 0 Å². The molecule has 0 unspecified atom stereocenters. The number of methoxy groups -OCH3 is 1. The second-order valence-corrected chi connectivity index (χ2v) is 33.4. The van der Waals surface area contributed by atoms with Crippen LogP contribution in [0, 0.1) is 56.8 Å². The first-order valence-corrected chi connectivity index (χ1v) is 41.5. The summed E-state index contributed by atoms with van der Waals surface area (Å²) in [5, 5.41) is 14.0. The average molecular weight is 1600 g/mol. The number of hydrogen-bond acceptors (Lipinski definition) is 2. The molecule has 0 fully saturated rings. The van der Waals surface area contributed by atoms with E-state index in [9.17, 15) is 27.5 Å². The van der Waals surface area contributed by atoms with Gasteiger partial charge in [-0.1, -0.05) is 147 Å². The van der Waals surface area contributed by atoms with Crippen LogP contribution in [0.4, 0.5) is 22.0 Å². The predicted molar refractivity (Wildman–Crippen MR) is 483 cm³/mol. The van der Waals surface area contributed by atoms with Crippen molar-refractivity contribution in [2.75, 3.05) is 7.11 Å².